The van der Waals surface area contributed by atoms with Crippen LogP contribution in [0.1, 0.15) is 6.92 Å². The number of nitrogens with one attached hydrogen (secondary N) is 2. The van der Waals surface area contributed by atoms with Gasteiger partial charge in [-0.25, -0.2) is 9.78 Å². The molecule has 1 unspecified atom stereocenters. The second-order valence-corrected chi connectivity index (χ2v) is 4.86. The summed E-state index contributed by atoms with van der Waals surface area (Å²) in [7, 11) is 1.44. The van der Waals surface area contributed by atoms with Gasteiger partial charge in [0.15, 0.2) is 0 Å². The Hall–Kier alpha value is -1.27. The lowest BCUT2D eigenvalue weighted by molar-refractivity contribution is -0.119. The van der Waals surface area contributed by atoms with E-state index >= 15 is 0 Å². The summed E-state index contributed by atoms with van der Waals surface area (Å²) >= 11 is 7.11. The lowest BCUT2D eigenvalue weighted by atomic mass is 10.4. The fraction of sp³-hybridized carbons (Fsp3) is 0.300. The Labute approximate surface area is 108 Å². The zero-order valence-corrected chi connectivity index (χ0v) is 10.9. The van der Waals surface area contributed by atoms with Crippen LogP contribution in [0.5, 0.6) is 0 Å². The topological polar surface area (TPSA) is 71.1 Å². The van der Waals surface area contributed by atoms with E-state index in [9.17, 15) is 9.59 Å². The summed E-state index contributed by atoms with van der Waals surface area (Å²) in [6, 6.07) is 2.87. The maximum atomic E-state index is 11.6. The van der Waals surface area contributed by atoms with Gasteiger partial charge in [0.2, 0.25) is 5.91 Å². The van der Waals surface area contributed by atoms with Crippen molar-refractivity contribution in [2.24, 2.45) is 0 Å². The van der Waals surface area contributed by atoms with Crippen LogP contribution in [-0.2, 0) is 4.79 Å². The second kappa shape index (κ2) is 6.46. The van der Waals surface area contributed by atoms with E-state index in [0.717, 1.165) is 0 Å². The molecule has 1 heterocycles. The van der Waals surface area contributed by atoms with Gasteiger partial charge in [-0.3, -0.25) is 10.1 Å². The van der Waals surface area contributed by atoms with Crippen molar-refractivity contribution in [2.45, 2.75) is 17.2 Å². The smallest absolute Gasteiger partial charge is 0.321 e. The second-order valence-electron chi connectivity index (χ2n) is 3.12. The van der Waals surface area contributed by atoms with Gasteiger partial charge in [-0.2, -0.15) is 0 Å². The van der Waals surface area contributed by atoms with Gasteiger partial charge in [0.1, 0.15) is 5.03 Å². The van der Waals surface area contributed by atoms with Gasteiger partial charge in [-0.05, 0) is 19.1 Å². The number of amides is 3. The molecule has 3 amide bonds. The molecule has 0 aliphatic rings. The molecular weight excluding hydrogens is 262 g/mol. The number of carbonyl (C=O) groups excluding carboxylic acids is 2. The van der Waals surface area contributed by atoms with E-state index in [2.05, 4.69) is 15.6 Å². The molecule has 7 heteroatoms. The van der Waals surface area contributed by atoms with E-state index in [4.69, 9.17) is 11.6 Å². The van der Waals surface area contributed by atoms with Crippen LogP contribution in [0.4, 0.5) is 4.79 Å². The van der Waals surface area contributed by atoms with E-state index in [1.807, 2.05) is 0 Å². The summed E-state index contributed by atoms with van der Waals surface area (Å²) in [4.78, 5) is 26.6. The average Bonchev–Trinajstić information content (AvgIpc) is 2.31. The Bertz CT molecular complexity index is 428. The first kappa shape index (κ1) is 13.8. The van der Waals surface area contributed by atoms with E-state index in [1.54, 1.807) is 25.3 Å². The lowest BCUT2D eigenvalue weighted by Crippen LogP contribution is -2.41. The van der Waals surface area contributed by atoms with Crippen LogP contribution in [0.15, 0.2) is 23.4 Å². The highest BCUT2D eigenvalue weighted by Gasteiger charge is 2.18. The van der Waals surface area contributed by atoms with Crippen molar-refractivity contribution in [1.29, 1.82) is 0 Å². The fourth-order valence-corrected chi connectivity index (χ4v) is 2.01. The normalized spacial score (nSPS) is 11.7. The molecule has 5 nitrogen and oxygen atoms in total. The minimum Gasteiger partial charge on any atom is -0.341 e. The Morgan fingerprint density at radius 1 is 1.53 bits per heavy atom. The maximum Gasteiger partial charge on any atom is 0.321 e. The van der Waals surface area contributed by atoms with Crippen LogP contribution in [-0.4, -0.2) is 29.2 Å². The molecule has 0 radical (unpaired) electrons. The summed E-state index contributed by atoms with van der Waals surface area (Å²) in [5.41, 5.74) is 0. The van der Waals surface area contributed by atoms with E-state index in [1.165, 1.54) is 18.8 Å². The molecular formula is C10H12ClN3O2S. The minimum atomic E-state index is -0.533. The van der Waals surface area contributed by atoms with E-state index in [-0.39, 0.29) is 0 Å². The molecule has 92 valence electrons. The highest BCUT2D eigenvalue weighted by atomic mass is 35.5. The molecule has 1 atom stereocenters. The zero-order chi connectivity index (χ0) is 12.8. The van der Waals surface area contributed by atoms with Gasteiger partial charge in [-0.1, -0.05) is 23.4 Å². The molecule has 0 aromatic carbocycles. The van der Waals surface area contributed by atoms with Crippen molar-refractivity contribution < 1.29 is 9.59 Å². The third-order valence-electron chi connectivity index (χ3n) is 1.85. The number of carbonyl (C=O) groups is 2. The van der Waals surface area contributed by atoms with Crippen molar-refractivity contribution in [3.8, 4) is 0 Å². The van der Waals surface area contributed by atoms with Gasteiger partial charge < -0.3 is 5.32 Å². The minimum absolute atomic E-state index is 0.393. The summed E-state index contributed by atoms with van der Waals surface area (Å²) < 4.78 is 0. The van der Waals surface area contributed by atoms with Crippen molar-refractivity contribution in [3.63, 3.8) is 0 Å². The zero-order valence-electron chi connectivity index (χ0n) is 9.36. The first-order chi connectivity index (χ1) is 8.04. The highest BCUT2D eigenvalue weighted by molar-refractivity contribution is 8.00. The predicted octanol–water partition coefficient (Wildman–Crippen LogP) is 1.67. The molecule has 0 aliphatic carbocycles. The van der Waals surface area contributed by atoms with E-state index in [0.29, 0.717) is 10.0 Å². The third kappa shape index (κ3) is 4.24. The van der Waals surface area contributed by atoms with Crippen LogP contribution >= 0.6 is 23.4 Å². The number of aromatic nitrogens is 1. The fourth-order valence-electron chi connectivity index (χ4n) is 0.955. The van der Waals surface area contributed by atoms with Crippen LogP contribution in [0, 0.1) is 0 Å². The number of urea groups is 1. The Kier molecular flexibility index (Phi) is 5.24. The molecule has 1 aromatic heterocycles. The summed E-state index contributed by atoms with van der Waals surface area (Å²) in [5, 5.41) is 5.08. The largest absolute Gasteiger partial charge is 0.341 e. The van der Waals surface area contributed by atoms with Crippen molar-refractivity contribution in [3.05, 3.63) is 23.4 Å². The number of hydrogen-bond donors (Lipinski definition) is 2. The number of thioether (sulfide) groups is 1. The van der Waals surface area contributed by atoms with E-state index < -0.39 is 17.2 Å². The molecule has 17 heavy (non-hydrogen) atoms. The lowest BCUT2D eigenvalue weighted by Gasteiger charge is -2.10. The summed E-state index contributed by atoms with van der Waals surface area (Å²) in [6.45, 7) is 1.67. The monoisotopic (exact) mass is 273 g/mol. The predicted molar refractivity (Wildman–Crippen MR) is 67.2 cm³/mol. The number of rotatable bonds is 3. The molecule has 0 bridgehead atoms. The van der Waals surface area contributed by atoms with Gasteiger partial charge >= 0.3 is 6.03 Å². The molecule has 0 saturated heterocycles. The summed E-state index contributed by atoms with van der Waals surface area (Å²) in [6.07, 6.45) is 1.59. The van der Waals surface area contributed by atoms with Crippen LogP contribution < -0.4 is 10.6 Å². The standard InChI is InChI=1S/C10H12ClN3O2S/c1-6(8(15)14-10(16)12-2)17-9-7(11)4-3-5-13-9/h3-6H,1-2H3,(H2,12,14,15,16). The van der Waals surface area contributed by atoms with Gasteiger partial charge in [-0.15, -0.1) is 0 Å². The van der Waals surface area contributed by atoms with Crippen molar-refractivity contribution in [1.82, 2.24) is 15.6 Å². The van der Waals surface area contributed by atoms with Crippen LogP contribution in [0.2, 0.25) is 5.02 Å². The van der Waals surface area contributed by atoms with Gasteiger partial charge in [0.25, 0.3) is 0 Å². The number of nitrogens with zero attached hydrogens (tertiary/aromatic N) is 1. The quantitative estimate of drug-likeness (QED) is 0.822. The molecule has 0 spiro atoms. The Morgan fingerprint density at radius 3 is 2.82 bits per heavy atom. The van der Waals surface area contributed by atoms with Crippen LogP contribution in [0.3, 0.4) is 0 Å². The van der Waals surface area contributed by atoms with Crippen molar-refractivity contribution in [2.75, 3.05) is 7.05 Å². The number of pyridine rings is 1. The van der Waals surface area contributed by atoms with Gasteiger partial charge in [0, 0.05) is 13.2 Å². The molecule has 1 rings (SSSR count). The van der Waals surface area contributed by atoms with Crippen molar-refractivity contribution >= 4 is 35.3 Å². The number of imide groups is 1. The molecule has 1 aromatic rings. The molecule has 0 fully saturated rings. The van der Waals surface area contributed by atoms with Gasteiger partial charge in [0.05, 0.1) is 10.3 Å². The number of hydrogen-bond acceptors (Lipinski definition) is 4. The molecule has 0 saturated carbocycles. The highest BCUT2D eigenvalue weighted by Crippen LogP contribution is 2.27. The molecule has 2 N–H and O–H groups in total. The summed E-state index contributed by atoms with van der Waals surface area (Å²) in [5.74, 6) is -0.393. The Balaban J connectivity index is 2.60. The molecule has 0 aliphatic heterocycles. The maximum absolute atomic E-state index is 11.6. The average molecular weight is 274 g/mol. The van der Waals surface area contributed by atoms with Crippen LogP contribution in [0.25, 0.3) is 0 Å². The third-order valence-corrected chi connectivity index (χ3v) is 3.38. The number of halogens is 1. The SMILES string of the molecule is CNC(=O)NC(=O)C(C)Sc1ncccc1Cl. The Morgan fingerprint density at radius 2 is 2.24 bits per heavy atom. The first-order valence-corrected chi connectivity index (χ1v) is 6.10. The first-order valence-electron chi connectivity index (χ1n) is 4.84.